The van der Waals surface area contributed by atoms with Gasteiger partial charge < -0.3 is 4.90 Å². The number of halogens is 1. The zero-order valence-electron chi connectivity index (χ0n) is 12.7. The first-order valence-electron chi connectivity index (χ1n) is 7.09. The van der Waals surface area contributed by atoms with Gasteiger partial charge in [0.1, 0.15) is 10.7 Å². The van der Waals surface area contributed by atoms with Crippen LogP contribution in [0.15, 0.2) is 23.2 Å². The highest BCUT2D eigenvalue weighted by Crippen LogP contribution is 2.30. The second-order valence-electron chi connectivity index (χ2n) is 5.62. The molecule has 2 atom stereocenters. The summed E-state index contributed by atoms with van der Waals surface area (Å²) in [5.41, 5.74) is 0. The molecule has 2 rings (SSSR count). The Hall–Kier alpha value is -0.660. The summed E-state index contributed by atoms with van der Waals surface area (Å²) in [5, 5.41) is 0. The predicted octanol–water partition coefficient (Wildman–Crippen LogP) is 2.47. The summed E-state index contributed by atoms with van der Waals surface area (Å²) in [5.74, 6) is 0.809. The minimum atomic E-state index is -3.41. The smallest absolute Gasteiger partial charge is 0.244 e. The number of rotatable bonds is 4. The van der Waals surface area contributed by atoms with Crippen LogP contribution in [0.3, 0.4) is 0 Å². The van der Waals surface area contributed by atoms with Crippen molar-refractivity contribution in [1.82, 2.24) is 9.29 Å². The molecule has 1 aliphatic carbocycles. The molecule has 0 amide bonds. The van der Waals surface area contributed by atoms with Gasteiger partial charge in [-0.2, -0.15) is 0 Å². The maximum atomic E-state index is 12.0. The van der Waals surface area contributed by atoms with Gasteiger partial charge in [0, 0.05) is 38.2 Å². The van der Waals surface area contributed by atoms with Crippen molar-refractivity contribution >= 4 is 31.8 Å². The van der Waals surface area contributed by atoms with Crippen molar-refractivity contribution in [2.24, 2.45) is 0 Å². The number of alkyl halides is 1. The fourth-order valence-electron chi connectivity index (χ4n) is 2.62. The van der Waals surface area contributed by atoms with Crippen molar-refractivity contribution in [3.05, 3.63) is 18.3 Å². The SMILES string of the molecule is CN(c1ccc(S(=O)(=O)N(C)C)cn1)C1CCCCC1Br. The second kappa shape index (κ2) is 6.62. The molecule has 1 aromatic heterocycles. The van der Waals surface area contributed by atoms with E-state index in [-0.39, 0.29) is 4.90 Å². The fourth-order valence-corrected chi connectivity index (χ4v) is 4.41. The number of anilines is 1. The number of hydrogen-bond donors (Lipinski definition) is 0. The van der Waals surface area contributed by atoms with Crippen LogP contribution in [0.5, 0.6) is 0 Å². The standard InChI is InChI=1S/C14H22BrN3O2S/c1-17(2)21(19,20)11-8-9-14(16-10-11)18(3)13-7-5-4-6-12(13)15/h8-10,12-13H,4-7H2,1-3H3. The van der Waals surface area contributed by atoms with E-state index in [0.717, 1.165) is 12.2 Å². The molecule has 0 N–H and O–H groups in total. The van der Waals surface area contributed by atoms with E-state index >= 15 is 0 Å². The molecule has 1 saturated carbocycles. The monoisotopic (exact) mass is 375 g/mol. The molecule has 0 spiro atoms. The third-order valence-electron chi connectivity index (χ3n) is 4.01. The topological polar surface area (TPSA) is 53.5 Å². The van der Waals surface area contributed by atoms with Gasteiger partial charge >= 0.3 is 0 Å². The largest absolute Gasteiger partial charge is 0.356 e. The average molecular weight is 376 g/mol. The first kappa shape index (κ1) is 16.7. The van der Waals surface area contributed by atoms with Crippen molar-refractivity contribution in [1.29, 1.82) is 0 Å². The van der Waals surface area contributed by atoms with Gasteiger partial charge in [-0.15, -0.1) is 0 Å². The van der Waals surface area contributed by atoms with Gasteiger partial charge in [0.25, 0.3) is 0 Å². The van der Waals surface area contributed by atoms with Crippen molar-refractivity contribution in [2.45, 2.75) is 41.4 Å². The molecule has 0 aliphatic heterocycles. The van der Waals surface area contributed by atoms with Gasteiger partial charge in [0.15, 0.2) is 0 Å². The molecule has 0 saturated heterocycles. The molecule has 1 aliphatic rings. The van der Waals surface area contributed by atoms with Crippen LogP contribution >= 0.6 is 15.9 Å². The first-order chi connectivity index (χ1) is 9.84. The van der Waals surface area contributed by atoms with Gasteiger partial charge in [-0.05, 0) is 25.0 Å². The van der Waals surface area contributed by atoms with E-state index in [1.165, 1.54) is 43.9 Å². The maximum absolute atomic E-state index is 12.0. The highest BCUT2D eigenvalue weighted by atomic mass is 79.9. The Morgan fingerprint density at radius 2 is 1.86 bits per heavy atom. The van der Waals surface area contributed by atoms with Crippen molar-refractivity contribution in [3.8, 4) is 0 Å². The summed E-state index contributed by atoms with van der Waals surface area (Å²) in [7, 11) is 1.65. The zero-order chi connectivity index (χ0) is 15.6. The Balaban J connectivity index is 2.19. The Kier molecular flexibility index (Phi) is 5.27. The first-order valence-corrected chi connectivity index (χ1v) is 9.45. The Morgan fingerprint density at radius 3 is 2.38 bits per heavy atom. The molecule has 1 fully saturated rings. The minimum Gasteiger partial charge on any atom is -0.356 e. The number of hydrogen-bond acceptors (Lipinski definition) is 4. The summed E-state index contributed by atoms with van der Waals surface area (Å²) < 4.78 is 25.3. The van der Waals surface area contributed by atoms with Gasteiger partial charge in [-0.1, -0.05) is 28.8 Å². The molecule has 1 heterocycles. The van der Waals surface area contributed by atoms with Crippen LogP contribution in [0.2, 0.25) is 0 Å². The predicted molar refractivity (Wildman–Crippen MR) is 88.5 cm³/mol. The highest BCUT2D eigenvalue weighted by Gasteiger charge is 2.27. The number of sulfonamides is 1. The van der Waals surface area contributed by atoms with Crippen molar-refractivity contribution in [3.63, 3.8) is 0 Å². The molecule has 0 radical (unpaired) electrons. The van der Waals surface area contributed by atoms with E-state index < -0.39 is 10.0 Å². The lowest BCUT2D eigenvalue weighted by Gasteiger charge is -2.36. The molecule has 1 aromatic rings. The summed E-state index contributed by atoms with van der Waals surface area (Å²) in [6.45, 7) is 0. The highest BCUT2D eigenvalue weighted by molar-refractivity contribution is 9.09. The number of pyridine rings is 1. The number of nitrogens with zero attached hydrogens (tertiary/aromatic N) is 3. The van der Waals surface area contributed by atoms with Crippen LogP contribution in [-0.2, 0) is 10.0 Å². The van der Waals surface area contributed by atoms with Gasteiger partial charge in [0.05, 0.1) is 0 Å². The fraction of sp³-hybridized carbons (Fsp3) is 0.643. The second-order valence-corrected chi connectivity index (χ2v) is 8.95. The van der Waals surface area contributed by atoms with E-state index in [1.54, 1.807) is 12.1 Å². The van der Waals surface area contributed by atoms with Gasteiger partial charge in [-0.3, -0.25) is 0 Å². The average Bonchev–Trinajstić information content (AvgIpc) is 2.47. The Morgan fingerprint density at radius 1 is 1.19 bits per heavy atom. The van der Waals surface area contributed by atoms with E-state index in [2.05, 4.69) is 25.8 Å². The van der Waals surface area contributed by atoms with E-state index in [9.17, 15) is 8.42 Å². The van der Waals surface area contributed by atoms with Crippen LogP contribution in [0, 0.1) is 0 Å². The van der Waals surface area contributed by atoms with Crippen LogP contribution in [0.4, 0.5) is 5.82 Å². The maximum Gasteiger partial charge on any atom is 0.244 e. The lowest BCUT2D eigenvalue weighted by Crippen LogP contribution is -2.41. The third-order valence-corrected chi connectivity index (χ3v) is 6.87. The van der Waals surface area contributed by atoms with Gasteiger partial charge in [-0.25, -0.2) is 17.7 Å². The summed E-state index contributed by atoms with van der Waals surface area (Å²) in [6, 6.07) is 3.81. The summed E-state index contributed by atoms with van der Waals surface area (Å²) in [4.78, 5) is 7.17. The van der Waals surface area contributed by atoms with Crippen LogP contribution in [-0.4, -0.2) is 49.7 Å². The third kappa shape index (κ3) is 3.57. The summed E-state index contributed by atoms with van der Waals surface area (Å²) >= 11 is 3.75. The molecular weight excluding hydrogens is 354 g/mol. The molecule has 5 nitrogen and oxygen atoms in total. The number of aromatic nitrogens is 1. The van der Waals surface area contributed by atoms with Crippen LogP contribution in [0.25, 0.3) is 0 Å². The molecule has 7 heteroatoms. The Labute approximate surface area is 135 Å². The molecule has 0 bridgehead atoms. The molecule has 0 aromatic carbocycles. The lowest BCUT2D eigenvalue weighted by atomic mass is 9.94. The van der Waals surface area contributed by atoms with E-state index in [4.69, 9.17) is 0 Å². The van der Waals surface area contributed by atoms with E-state index in [0.29, 0.717) is 10.9 Å². The van der Waals surface area contributed by atoms with Crippen molar-refractivity contribution < 1.29 is 8.42 Å². The van der Waals surface area contributed by atoms with Crippen LogP contribution in [0.1, 0.15) is 25.7 Å². The molecule has 21 heavy (non-hydrogen) atoms. The van der Waals surface area contributed by atoms with Gasteiger partial charge in [0.2, 0.25) is 10.0 Å². The van der Waals surface area contributed by atoms with Crippen molar-refractivity contribution in [2.75, 3.05) is 26.0 Å². The molecular formula is C14H22BrN3O2S. The quantitative estimate of drug-likeness (QED) is 0.758. The Bertz CT molecular complexity index is 574. The lowest BCUT2D eigenvalue weighted by molar-refractivity contribution is 0.442. The zero-order valence-corrected chi connectivity index (χ0v) is 15.1. The van der Waals surface area contributed by atoms with E-state index in [1.807, 2.05) is 7.05 Å². The van der Waals surface area contributed by atoms with Crippen LogP contribution < -0.4 is 4.90 Å². The molecule has 118 valence electrons. The summed E-state index contributed by atoms with van der Waals surface area (Å²) in [6.07, 6.45) is 6.22. The minimum absolute atomic E-state index is 0.226. The molecule has 2 unspecified atom stereocenters. The normalized spacial score (nSPS) is 23.3.